The lowest BCUT2D eigenvalue weighted by molar-refractivity contribution is 0.408. The van der Waals surface area contributed by atoms with Crippen LogP contribution < -0.4 is 5.32 Å². The number of nitrogens with one attached hydrogen (secondary N) is 1. The van der Waals surface area contributed by atoms with Crippen LogP contribution >= 0.6 is 0 Å². The Balaban J connectivity index is 1.67. The predicted molar refractivity (Wildman–Crippen MR) is 68.8 cm³/mol. The summed E-state index contributed by atoms with van der Waals surface area (Å²) in [6.45, 7) is 1.51. The lowest BCUT2D eigenvalue weighted by Crippen LogP contribution is -2.12. The van der Waals surface area contributed by atoms with Crippen molar-refractivity contribution in [2.24, 2.45) is 0 Å². The average Bonchev–Trinajstić information content (AvgIpc) is 2.92. The molecule has 0 aliphatic rings. The zero-order chi connectivity index (χ0) is 12.2. The summed E-state index contributed by atoms with van der Waals surface area (Å²) in [5.41, 5.74) is 3.18. The van der Waals surface area contributed by atoms with Gasteiger partial charge in [-0.05, 0) is 23.8 Å². The molecule has 0 saturated carbocycles. The molecule has 0 bridgehead atoms. The second-order valence-electron chi connectivity index (χ2n) is 4.12. The maximum Gasteiger partial charge on any atom is 0.124 e. The average molecular weight is 239 g/mol. The highest BCUT2D eigenvalue weighted by atomic mass is 16.5. The quantitative estimate of drug-likeness (QED) is 0.760. The van der Waals surface area contributed by atoms with Crippen LogP contribution in [0.5, 0.6) is 0 Å². The van der Waals surface area contributed by atoms with Gasteiger partial charge in [0, 0.05) is 30.7 Å². The van der Waals surface area contributed by atoms with Crippen molar-refractivity contribution in [1.82, 2.24) is 15.5 Å². The van der Waals surface area contributed by atoms with E-state index < -0.39 is 0 Å². The van der Waals surface area contributed by atoms with E-state index in [0.717, 1.165) is 17.8 Å². The fraction of sp³-hybridized carbons (Fsp3) is 0.143. The van der Waals surface area contributed by atoms with E-state index in [2.05, 4.69) is 33.7 Å². The molecule has 4 nitrogen and oxygen atoms in total. The molecule has 0 spiro atoms. The Kier molecular flexibility index (Phi) is 3.02. The lowest BCUT2D eigenvalue weighted by Gasteiger charge is -2.04. The molecule has 3 aromatic rings. The van der Waals surface area contributed by atoms with E-state index in [4.69, 9.17) is 4.52 Å². The van der Waals surface area contributed by atoms with Crippen LogP contribution in [0, 0.1) is 0 Å². The molecular weight excluding hydrogens is 226 g/mol. The lowest BCUT2D eigenvalue weighted by atomic mass is 10.1. The van der Waals surface area contributed by atoms with Gasteiger partial charge in [-0.1, -0.05) is 17.3 Å². The van der Waals surface area contributed by atoms with Gasteiger partial charge in [0.2, 0.25) is 0 Å². The minimum atomic E-state index is 0.710. The molecule has 1 N–H and O–H groups in total. The number of hydrogen-bond donors (Lipinski definition) is 1. The number of fused-ring (bicyclic) bond motifs is 1. The van der Waals surface area contributed by atoms with Gasteiger partial charge in [-0.3, -0.25) is 4.98 Å². The molecule has 1 aromatic carbocycles. The first-order chi connectivity index (χ1) is 8.92. The van der Waals surface area contributed by atoms with Gasteiger partial charge in [0.25, 0.3) is 0 Å². The first-order valence-electron chi connectivity index (χ1n) is 5.85. The van der Waals surface area contributed by atoms with E-state index in [1.165, 1.54) is 10.9 Å². The van der Waals surface area contributed by atoms with Crippen LogP contribution in [0.4, 0.5) is 0 Å². The molecule has 3 rings (SSSR count). The Hall–Kier alpha value is -2.20. The fourth-order valence-electron chi connectivity index (χ4n) is 1.90. The first-order valence-corrected chi connectivity index (χ1v) is 5.85. The molecular formula is C14H13N3O. The van der Waals surface area contributed by atoms with Crippen molar-refractivity contribution in [3.63, 3.8) is 0 Å². The van der Waals surface area contributed by atoms with Gasteiger partial charge in [0.15, 0.2) is 0 Å². The minimum absolute atomic E-state index is 0.710. The third kappa shape index (κ3) is 2.38. The molecule has 0 saturated heterocycles. The molecule has 0 aliphatic carbocycles. The molecule has 4 heteroatoms. The van der Waals surface area contributed by atoms with E-state index in [1.54, 1.807) is 6.26 Å². The number of nitrogens with zero attached hydrogens (tertiary/aromatic N) is 2. The number of aromatic nitrogens is 2. The van der Waals surface area contributed by atoms with Crippen LogP contribution in [0.2, 0.25) is 0 Å². The number of benzene rings is 1. The normalized spacial score (nSPS) is 10.9. The second kappa shape index (κ2) is 4.98. The molecule has 0 fully saturated rings. The maximum absolute atomic E-state index is 4.78. The molecule has 0 amide bonds. The van der Waals surface area contributed by atoms with Crippen molar-refractivity contribution in [3.05, 3.63) is 60.1 Å². The topological polar surface area (TPSA) is 51.0 Å². The van der Waals surface area contributed by atoms with E-state index in [1.807, 2.05) is 24.4 Å². The van der Waals surface area contributed by atoms with Crippen LogP contribution in [0.3, 0.4) is 0 Å². The third-order valence-electron chi connectivity index (χ3n) is 2.79. The minimum Gasteiger partial charge on any atom is -0.364 e. The summed E-state index contributed by atoms with van der Waals surface area (Å²) in [6.07, 6.45) is 3.39. The Morgan fingerprint density at radius 1 is 1.11 bits per heavy atom. The van der Waals surface area contributed by atoms with Crippen LogP contribution in [0.15, 0.2) is 53.4 Å². The van der Waals surface area contributed by atoms with Gasteiger partial charge >= 0.3 is 0 Å². The van der Waals surface area contributed by atoms with Crippen molar-refractivity contribution in [3.8, 4) is 0 Å². The molecule has 0 aliphatic heterocycles. The van der Waals surface area contributed by atoms with E-state index in [-0.39, 0.29) is 0 Å². The van der Waals surface area contributed by atoms with E-state index >= 15 is 0 Å². The maximum atomic E-state index is 4.78. The van der Waals surface area contributed by atoms with Gasteiger partial charge in [-0.2, -0.15) is 0 Å². The highest BCUT2D eigenvalue weighted by Gasteiger charge is 1.98. The summed E-state index contributed by atoms with van der Waals surface area (Å²) in [4.78, 5) is 4.30. The van der Waals surface area contributed by atoms with Crippen molar-refractivity contribution in [2.45, 2.75) is 13.1 Å². The van der Waals surface area contributed by atoms with Crippen molar-refractivity contribution in [1.29, 1.82) is 0 Å². The summed E-state index contributed by atoms with van der Waals surface area (Å²) >= 11 is 0. The van der Waals surface area contributed by atoms with Crippen LogP contribution in [-0.2, 0) is 13.1 Å². The largest absolute Gasteiger partial charge is 0.364 e. The zero-order valence-electron chi connectivity index (χ0n) is 9.84. The summed E-state index contributed by atoms with van der Waals surface area (Å²) in [5.74, 6) is 0. The van der Waals surface area contributed by atoms with Gasteiger partial charge in [0.05, 0.1) is 11.2 Å². The molecule has 2 heterocycles. The SMILES string of the molecule is c1cnc2ccc(CNCc3ccon3)cc2c1. The van der Waals surface area contributed by atoms with Crippen molar-refractivity contribution >= 4 is 10.9 Å². The van der Waals surface area contributed by atoms with Gasteiger partial charge in [0.1, 0.15) is 6.26 Å². The molecule has 18 heavy (non-hydrogen) atoms. The van der Waals surface area contributed by atoms with Crippen molar-refractivity contribution < 1.29 is 4.52 Å². The molecule has 0 unspecified atom stereocenters. The number of hydrogen-bond acceptors (Lipinski definition) is 4. The fourth-order valence-corrected chi connectivity index (χ4v) is 1.90. The standard InChI is InChI=1S/C14H13N3O/c1-2-12-8-11(3-4-14(12)16-6-1)9-15-10-13-5-7-18-17-13/h1-8,15H,9-10H2. The predicted octanol–water partition coefficient (Wildman–Crippen LogP) is 2.51. The third-order valence-corrected chi connectivity index (χ3v) is 2.79. The Labute approximate surface area is 105 Å². The zero-order valence-corrected chi connectivity index (χ0v) is 9.84. The Morgan fingerprint density at radius 2 is 2.11 bits per heavy atom. The monoisotopic (exact) mass is 239 g/mol. The van der Waals surface area contributed by atoms with Gasteiger partial charge in [-0.15, -0.1) is 0 Å². The first kappa shape index (κ1) is 10.9. The van der Waals surface area contributed by atoms with Crippen LogP contribution in [-0.4, -0.2) is 10.1 Å². The van der Waals surface area contributed by atoms with E-state index in [0.29, 0.717) is 6.54 Å². The highest BCUT2D eigenvalue weighted by molar-refractivity contribution is 5.78. The highest BCUT2D eigenvalue weighted by Crippen LogP contribution is 2.13. The number of pyridine rings is 1. The molecule has 0 atom stereocenters. The summed E-state index contributed by atoms with van der Waals surface area (Å²) in [6, 6.07) is 12.2. The van der Waals surface area contributed by atoms with Gasteiger partial charge < -0.3 is 9.84 Å². The summed E-state index contributed by atoms with van der Waals surface area (Å²) in [7, 11) is 0. The molecule has 2 aromatic heterocycles. The number of rotatable bonds is 4. The second-order valence-corrected chi connectivity index (χ2v) is 4.12. The smallest absolute Gasteiger partial charge is 0.124 e. The van der Waals surface area contributed by atoms with Crippen LogP contribution in [0.1, 0.15) is 11.3 Å². The van der Waals surface area contributed by atoms with Gasteiger partial charge in [-0.25, -0.2) is 0 Å². The summed E-state index contributed by atoms with van der Waals surface area (Å²) < 4.78 is 4.78. The molecule has 90 valence electrons. The van der Waals surface area contributed by atoms with Crippen LogP contribution in [0.25, 0.3) is 10.9 Å². The molecule has 0 radical (unpaired) electrons. The Morgan fingerprint density at radius 3 is 3.00 bits per heavy atom. The summed E-state index contributed by atoms with van der Waals surface area (Å²) in [5, 5.41) is 8.34. The van der Waals surface area contributed by atoms with Crippen molar-refractivity contribution in [2.75, 3.05) is 0 Å². The Bertz CT molecular complexity index is 634. The van der Waals surface area contributed by atoms with E-state index in [9.17, 15) is 0 Å².